The van der Waals surface area contributed by atoms with Crippen LogP contribution in [0.2, 0.25) is 5.02 Å². The van der Waals surface area contributed by atoms with E-state index in [4.69, 9.17) is 17.3 Å². The van der Waals surface area contributed by atoms with Gasteiger partial charge in [0, 0.05) is 22.8 Å². The number of rotatable bonds is 4. The number of aromatic nitrogens is 1. The second-order valence-corrected chi connectivity index (χ2v) is 6.53. The molecule has 0 saturated carbocycles. The van der Waals surface area contributed by atoms with Crippen LogP contribution >= 0.6 is 11.6 Å². The molecule has 0 aliphatic carbocycles. The van der Waals surface area contributed by atoms with Crippen molar-refractivity contribution in [3.63, 3.8) is 0 Å². The van der Waals surface area contributed by atoms with Gasteiger partial charge in [-0.05, 0) is 24.3 Å². The molecule has 0 amide bonds. The predicted molar refractivity (Wildman–Crippen MR) is 77.6 cm³/mol. The molecule has 0 radical (unpaired) electrons. The number of halogens is 1. The molecular weight excluding hydrogens is 318 g/mol. The van der Waals surface area contributed by atoms with Crippen molar-refractivity contribution in [1.82, 2.24) is 4.98 Å². The molecule has 0 spiro atoms. The molecule has 1 heterocycles. The first-order valence-corrected chi connectivity index (χ1v) is 7.70. The van der Waals surface area contributed by atoms with E-state index in [1.165, 1.54) is 30.5 Å². The molecule has 0 unspecified atom stereocenters. The summed E-state index contributed by atoms with van der Waals surface area (Å²) in [6, 6.07) is 6.62. The zero-order valence-corrected chi connectivity index (χ0v) is 12.1. The Bertz CT molecular complexity index is 808. The SMILES string of the molecule is Nc1cccnc1S(=O)(=O)Cc1cc(Cl)ccc1[N+](=O)[O-]. The minimum atomic E-state index is -3.92. The van der Waals surface area contributed by atoms with Crippen LogP contribution in [0.15, 0.2) is 41.6 Å². The van der Waals surface area contributed by atoms with Crippen LogP contribution in [-0.2, 0) is 15.6 Å². The van der Waals surface area contributed by atoms with Gasteiger partial charge in [0.05, 0.1) is 16.4 Å². The van der Waals surface area contributed by atoms with Gasteiger partial charge in [-0.3, -0.25) is 10.1 Å². The summed E-state index contributed by atoms with van der Waals surface area (Å²) < 4.78 is 24.6. The molecule has 1 aromatic carbocycles. The molecular formula is C12H10ClN3O4S. The molecule has 0 aliphatic rings. The minimum Gasteiger partial charge on any atom is -0.396 e. The molecule has 0 saturated heterocycles. The second kappa shape index (κ2) is 5.66. The lowest BCUT2D eigenvalue weighted by molar-refractivity contribution is -0.385. The number of pyridine rings is 1. The van der Waals surface area contributed by atoms with Crippen LogP contribution in [0.3, 0.4) is 0 Å². The molecule has 0 aliphatic heterocycles. The average Bonchev–Trinajstić information content (AvgIpc) is 2.38. The fraction of sp³-hybridized carbons (Fsp3) is 0.0833. The van der Waals surface area contributed by atoms with Gasteiger partial charge < -0.3 is 5.73 Å². The number of benzene rings is 1. The van der Waals surface area contributed by atoms with Crippen LogP contribution in [0.5, 0.6) is 0 Å². The third kappa shape index (κ3) is 3.29. The molecule has 0 bridgehead atoms. The van der Waals surface area contributed by atoms with E-state index in [0.29, 0.717) is 0 Å². The lowest BCUT2D eigenvalue weighted by atomic mass is 10.2. The lowest BCUT2D eigenvalue weighted by Crippen LogP contribution is -2.11. The van der Waals surface area contributed by atoms with Gasteiger partial charge in [-0.25, -0.2) is 13.4 Å². The Balaban J connectivity index is 2.49. The molecule has 9 heteroatoms. The van der Waals surface area contributed by atoms with Gasteiger partial charge in [-0.2, -0.15) is 0 Å². The number of hydrogen-bond donors (Lipinski definition) is 1. The van der Waals surface area contributed by atoms with Crippen LogP contribution in [-0.4, -0.2) is 18.3 Å². The van der Waals surface area contributed by atoms with Gasteiger partial charge in [0.1, 0.15) is 0 Å². The molecule has 0 fully saturated rings. The summed E-state index contributed by atoms with van der Waals surface area (Å²) in [7, 11) is -3.92. The van der Waals surface area contributed by atoms with Gasteiger partial charge in [0.25, 0.3) is 5.69 Å². The van der Waals surface area contributed by atoms with E-state index in [2.05, 4.69) is 4.98 Å². The van der Waals surface area contributed by atoms with Crippen LogP contribution < -0.4 is 5.73 Å². The molecule has 2 aromatic rings. The Kier molecular flexibility index (Phi) is 4.10. The quantitative estimate of drug-likeness (QED) is 0.679. The van der Waals surface area contributed by atoms with Crippen LogP contribution in [0.25, 0.3) is 0 Å². The Morgan fingerprint density at radius 1 is 1.33 bits per heavy atom. The third-order valence-electron chi connectivity index (χ3n) is 2.68. The maximum Gasteiger partial charge on any atom is 0.273 e. The second-order valence-electron chi connectivity index (χ2n) is 4.19. The smallest absolute Gasteiger partial charge is 0.273 e. The van der Waals surface area contributed by atoms with Crippen molar-refractivity contribution in [2.24, 2.45) is 0 Å². The minimum absolute atomic E-state index is 0.0119. The van der Waals surface area contributed by atoms with Crippen LogP contribution in [0, 0.1) is 10.1 Å². The number of sulfone groups is 1. The number of nitro benzene ring substituents is 1. The highest BCUT2D eigenvalue weighted by atomic mass is 35.5. The van der Waals surface area contributed by atoms with E-state index >= 15 is 0 Å². The molecule has 2 N–H and O–H groups in total. The lowest BCUT2D eigenvalue weighted by Gasteiger charge is -2.07. The number of nitrogen functional groups attached to an aromatic ring is 1. The highest BCUT2D eigenvalue weighted by molar-refractivity contribution is 7.90. The van der Waals surface area contributed by atoms with Crippen molar-refractivity contribution in [2.45, 2.75) is 10.8 Å². The van der Waals surface area contributed by atoms with Crippen molar-refractivity contribution in [3.05, 3.63) is 57.2 Å². The first-order chi connectivity index (χ1) is 9.81. The molecule has 2 rings (SSSR count). The number of anilines is 1. The van der Waals surface area contributed by atoms with E-state index in [1.54, 1.807) is 0 Å². The zero-order chi connectivity index (χ0) is 15.6. The summed E-state index contributed by atoms with van der Waals surface area (Å²) in [4.78, 5) is 14.0. The Morgan fingerprint density at radius 2 is 2.05 bits per heavy atom. The zero-order valence-electron chi connectivity index (χ0n) is 10.6. The summed E-state index contributed by atoms with van der Waals surface area (Å²) in [5.74, 6) is -0.606. The Labute approximate surface area is 125 Å². The van der Waals surface area contributed by atoms with E-state index in [0.717, 1.165) is 6.07 Å². The number of hydrogen-bond acceptors (Lipinski definition) is 6. The van der Waals surface area contributed by atoms with E-state index in [1.807, 2.05) is 0 Å². The molecule has 21 heavy (non-hydrogen) atoms. The fourth-order valence-electron chi connectivity index (χ4n) is 1.78. The van der Waals surface area contributed by atoms with E-state index in [-0.39, 0.29) is 27.0 Å². The van der Waals surface area contributed by atoms with Gasteiger partial charge in [-0.1, -0.05) is 11.6 Å². The predicted octanol–water partition coefficient (Wildman–Crippen LogP) is 2.20. The van der Waals surface area contributed by atoms with Gasteiger partial charge in [-0.15, -0.1) is 0 Å². The van der Waals surface area contributed by atoms with Crippen LogP contribution in [0.1, 0.15) is 5.56 Å². The summed E-state index contributed by atoms with van der Waals surface area (Å²) >= 11 is 5.77. The van der Waals surface area contributed by atoms with E-state index in [9.17, 15) is 18.5 Å². The molecule has 110 valence electrons. The van der Waals surface area contributed by atoms with Gasteiger partial charge in [0.2, 0.25) is 9.84 Å². The summed E-state index contributed by atoms with van der Waals surface area (Å²) in [5, 5.41) is 10.9. The Hall–Kier alpha value is -2.19. The third-order valence-corrected chi connectivity index (χ3v) is 4.54. The topological polar surface area (TPSA) is 116 Å². The standard InChI is InChI=1S/C12H10ClN3O4S/c13-9-3-4-11(16(17)18)8(6-9)7-21(19,20)12-10(14)2-1-5-15-12/h1-6H,7,14H2. The number of nitro groups is 1. The molecule has 7 nitrogen and oxygen atoms in total. The Morgan fingerprint density at radius 3 is 2.67 bits per heavy atom. The number of nitrogens with zero attached hydrogens (tertiary/aromatic N) is 2. The fourth-order valence-corrected chi connectivity index (χ4v) is 3.40. The average molecular weight is 328 g/mol. The molecule has 1 aromatic heterocycles. The van der Waals surface area contributed by atoms with Crippen molar-refractivity contribution in [1.29, 1.82) is 0 Å². The maximum atomic E-state index is 12.3. The first kappa shape index (κ1) is 15.2. The van der Waals surface area contributed by atoms with E-state index < -0.39 is 20.5 Å². The summed E-state index contributed by atoms with van der Waals surface area (Å²) in [5.41, 5.74) is 5.24. The van der Waals surface area contributed by atoms with Crippen molar-refractivity contribution in [3.8, 4) is 0 Å². The maximum absolute atomic E-state index is 12.3. The normalized spacial score (nSPS) is 11.3. The van der Waals surface area contributed by atoms with Gasteiger partial charge in [0.15, 0.2) is 5.03 Å². The van der Waals surface area contributed by atoms with Crippen LogP contribution in [0.4, 0.5) is 11.4 Å². The van der Waals surface area contributed by atoms with Crippen molar-refractivity contribution in [2.75, 3.05) is 5.73 Å². The van der Waals surface area contributed by atoms with Crippen molar-refractivity contribution < 1.29 is 13.3 Å². The largest absolute Gasteiger partial charge is 0.396 e. The van der Waals surface area contributed by atoms with Crippen molar-refractivity contribution >= 4 is 32.8 Å². The number of nitrogens with two attached hydrogens (primary N) is 1. The highest BCUT2D eigenvalue weighted by Crippen LogP contribution is 2.27. The first-order valence-electron chi connectivity index (χ1n) is 5.67. The highest BCUT2D eigenvalue weighted by Gasteiger charge is 2.24. The summed E-state index contributed by atoms with van der Waals surface area (Å²) in [6.07, 6.45) is 1.29. The van der Waals surface area contributed by atoms with Gasteiger partial charge >= 0.3 is 0 Å². The summed E-state index contributed by atoms with van der Waals surface area (Å²) in [6.45, 7) is 0. The monoisotopic (exact) mass is 327 g/mol. The molecule has 0 atom stereocenters.